The minimum absolute atomic E-state index is 0.167. The van der Waals surface area contributed by atoms with Gasteiger partial charge in [0.25, 0.3) is 0 Å². The smallest absolute Gasteiger partial charge is 0.227 e. The fourth-order valence-electron chi connectivity index (χ4n) is 2.44. The Morgan fingerprint density at radius 3 is 3.11 bits per heavy atom. The van der Waals surface area contributed by atoms with Crippen molar-refractivity contribution in [2.45, 2.75) is 13.3 Å². The van der Waals surface area contributed by atoms with Gasteiger partial charge in [0.1, 0.15) is 0 Å². The van der Waals surface area contributed by atoms with Gasteiger partial charge < -0.3 is 4.90 Å². The molecule has 1 unspecified atom stereocenters. The zero-order valence-corrected chi connectivity index (χ0v) is 10.3. The molecule has 0 aliphatic carbocycles. The molecule has 1 saturated heterocycles. The molecule has 3 rings (SSSR count). The molecule has 1 amide bonds. The summed E-state index contributed by atoms with van der Waals surface area (Å²) in [6.07, 6.45) is 2.42. The standard InChI is InChI=1S/C14H15N3O/c1-3-10-6-14(18)17(8-10)11-4-5-13-12(7-11)9(2)15-16-13/h3-5,7,10H,1,6,8H2,2H3,(H,15,16). The highest BCUT2D eigenvalue weighted by Crippen LogP contribution is 2.28. The van der Waals surface area contributed by atoms with Gasteiger partial charge >= 0.3 is 0 Å². The van der Waals surface area contributed by atoms with Crippen LogP contribution in [-0.4, -0.2) is 22.6 Å². The molecule has 0 bridgehead atoms. The van der Waals surface area contributed by atoms with Gasteiger partial charge in [-0.15, -0.1) is 6.58 Å². The van der Waals surface area contributed by atoms with Crippen molar-refractivity contribution in [3.8, 4) is 0 Å². The molecular formula is C14H15N3O. The topological polar surface area (TPSA) is 49.0 Å². The Hall–Kier alpha value is -2.10. The van der Waals surface area contributed by atoms with Crippen LogP contribution in [0.2, 0.25) is 0 Å². The second-order valence-electron chi connectivity index (χ2n) is 4.75. The minimum atomic E-state index is 0.167. The van der Waals surface area contributed by atoms with Crippen molar-refractivity contribution in [3.05, 3.63) is 36.5 Å². The molecule has 2 heterocycles. The van der Waals surface area contributed by atoms with Gasteiger partial charge in [0, 0.05) is 35.7 Å². The summed E-state index contributed by atoms with van der Waals surface area (Å²) in [4.78, 5) is 13.8. The first-order valence-corrected chi connectivity index (χ1v) is 6.06. The van der Waals surface area contributed by atoms with E-state index in [4.69, 9.17) is 0 Å². The summed E-state index contributed by atoms with van der Waals surface area (Å²) in [5.74, 6) is 0.430. The number of rotatable bonds is 2. The van der Waals surface area contributed by atoms with Crippen LogP contribution in [0.1, 0.15) is 12.1 Å². The van der Waals surface area contributed by atoms with E-state index in [0.29, 0.717) is 6.42 Å². The number of H-pyrrole nitrogens is 1. The molecular weight excluding hydrogens is 226 g/mol. The number of carbonyl (C=O) groups is 1. The second kappa shape index (κ2) is 3.98. The SMILES string of the molecule is C=CC1CC(=O)N(c2ccc3n[nH]c(C)c3c2)C1. The molecule has 1 aromatic heterocycles. The van der Waals surface area contributed by atoms with Crippen LogP contribution in [0.4, 0.5) is 5.69 Å². The van der Waals surface area contributed by atoms with Crippen LogP contribution in [-0.2, 0) is 4.79 Å². The first-order chi connectivity index (χ1) is 8.69. The van der Waals surface area contributed by atoms with E-state index in [9.17, 15) is 4.79 Å². The fraction of sp³-hybridized carbons (Fsp3) is 0.286. The number of nitrogens with one attached hydrogen (secondary N) is 1. The average molecular weight is 241 g/mol. The van der Waals surface area contributed by atoms with E-state index in [2.05, 4.69) is 16.8 Å². The van der Waals surface area contributed by atoms with Crippen molar-refractivity contribution < 1.29 is 4.79 Å². The van der Waals surface area contributed by atoms with Crippen LogP contribution in [0, 0.1) is 12.8 Å². The van der Waals surface area contributed by atoms with Gasteiger partial charge in [0.05, 0.1) is 5.52 Å². The summed E-state index contributed by atoms with van der Waals surface area (Å²) in [7, 11) is 0. The predicted octanol–water partition coefficient (Wildman–Crippen LogP) is 2.41. The fourth-order valence-corrected chi connectivity index (χ4v) is 2.44. The van der Waals surface area contributed by atoms with E-state index in [1.807, 2.05) is 36.1 Å². The summed E-state index contributed by atoms with van der Waals surface area (Å²) in [5.41, 5.74) is 2.91. The third-order valence-corrected chi connectivity index (χ3v) is 3.53. The number of aromatic amines is 1. The Bertz CT molecular complexity index is 629. The number of hydrogen-bond acceptors (Lipinski definition) is 2. The molecule has 2 aromatic rings. The van der Waals surface area contributed by atoms with E-state index >= 15 is 0 Å². The Balaban J connectivity index is 2.01. The van der Waals surface area contributed by atoms with E-state index < -0.39 is 0 Å². The van der Waals surface area contributed by atoms with Crippen LogP contribution < -0.4 is 4.90 Å². The second-order valence-corrected chi connectivity index (χ2v) is 4.75. The average Bonchev–Trinajstić information content (AvgIpc) is 2.93. The molecule has 0 spiro atoms. The van der Waals surface area contributed by atoms with E-state index in [1.165, 1.54) is 0 Å². The van der Waals surface area contributed by atoms with Gasteiger partial charge in [-0.25, -0.2) is 0 Å². The molecule has 92 valence electrons. The summed E-state index contributed by atoms with van der Waals surface area (Å²) in [6.45, 7) is 6.48. The molecule has 1 N–H and O–H groups in total. The number of benzene rings is 1. The van der Waals surface area contributed by atoms with Crippen LogP contribution in [0.15, 0.2) is 30.9 Å². The van der Waals surface area contributed by atoms with Gasteiger partial charge in [-0.05, 0) is 25.1 Å². The molecule has 1 aliphatic heterocycles. The van der Waals surface area contributed by atoms with E-state index in [-0.39, 0.29) is 11.8 Å². The Morgan fingerprint density at radius 1 is 1.56 bits per heavy atom. The maximum Gasteiger partial charge on any atom is 0.227 e. The summed E-state index contributed by atoms with van der Waals surface area (Å²) < 4.78 is 0. The van der Waals surface area contributed by atoms with Crippen LogP contribution in [0.5, 0.6) is 0 Å². The number of amides is 1. The Morgan fingerprint density at radius 2 is 2.39 bits per heavy atom. The molecule has 1 fully saturated rings. The lowest BCUT2D eigenvalue weighted by Crippen LogP contribution is -2.24. The number of fused-ring (bicyclic) bond motifs is 1. The molecule has 1 aliphatic rings. The highest BCUT2D eigenvalue weighted by molar-refractivity contribution is 5.98. The van der Waals surface area contributed by atoms with Crippen LogP contribution in [0.25, 0.3) is 10.9 Å². The molecule has 0 radical (unpaired) electrons. The van der Waals surface area contributed by atoms with Gasteiger partial charge in [-0.1, -0.05) is 6.08 Å². The number of anilines is 1. The molecule has 4 nitrogen and oxygen atoms in total. The Kier molecular flexibility index (Phi) is 2.44. The number of carbonyl (C=O) groups excluding carboxylic acids is 1. The zero-order chi connectivity index (χ0) is 12.7. The monoisotopic (exact) mass is 241 g/mol. The van der Waals surface area contributed by atoms with Crippen LogP contribution in [0.3, 0.4) is 0 Å². The third kappa shape index (κ3) is 1.61. The number of aromatic nitrogens is 2. The number of nitrogens with zero attached hydrogens (tertiary/aromatic N) is 2. The lowest BCUT2D eigenvalue weighted by Gasteiger charge is -2.16. The predicted molar refractivity (Wildman–Crippen MR) is 71.5 cm³/mol. The molecule has 4 heteroatoms. The van der Waals surface area contributed by atoms with Crippen molar-refractivity contribution in [2.24, 2.45) is 5.92 Å². The van der Waals surface area contributed by atoms with E-state index in [1.54, 1.807) is 0 Å². The van der Waals surface area contributed by atoms with Crippen molar-refractivity contribution in [2.75, 3.05) is 11.4 Å². The quantitative estimate of drug-likeness (QED) is 0.821. The number of aryl methyl sites for hydroxylation is 1. The van der Waals surface area contributed by atoms with Gasteiger partial charge in [-0.2, -0.15) is 5.10 Å². The molecule has 0 saturated carbocycles. The largest absolute Gasteiger partial charge is 0.312 e. The van der Waals surface area contributed by atoms with E-state index in [0.717, 1.165) is 28.8 Å². The maximum absolute atomic E-state index is 12.0. The van der Waals surface area contributed by atoms with Gasteiger partial charge in [-0.3, -0.25) is 9.89 Å². The highest BCUT2D eigenvalue weighted by atomic mass is 16.2. The molecule has 1 aromatic carbocycles. The highest BCUT2D eigenvalue weighted by Gasteiger charge is 2.28. The van der Waals surface area contributed by atoms with Gasteiger partial charge in [0.2, 0.25) is 5.91 Å². The summed E-state index contributed by atoms with van der Waals surface area (Å²) in [6, 6.07) is 5.92. The van der Waals surface area contributed by atoms with Crippen molar-refractivity contribution in [3.63, 3.8) is 0 Å². The Labute approximate surface area is 105 Å². The van der Waals surface area contributed by atoms with Crippen LogP contribution >= 0.6 is 0 Å². The normalized spacial score (nSPS) is 19.7. The van der Waals surface area contributed by atoms with Crippen molar-refractivity contribution in [1.29, 1.82) is 0 Å². The molecule has 1 atom stereocenters. The van der Waals surface area contributed by atoms with Crippen molar-refractivity contribution >= 4 is 22.5 Å². The number of hydrogen-bond donors (Lipinski definition) is 1. The maximum atomic E-state index is 12.0. The third-order valence-electron chi connectivity index (χ3n) is 3.53. The lowest BCUT2D eigenvalue weighted by atomic mass is 10.1. The van der Waals surface area contributed by atoms with Gasteiger partial charge in [0.15, 0.2) is 0 Å². The first-order valence-electron chi connectivity index (χ1n) is 6.06. The first kappa shape index (κ1) is 11.0. The summed E-state index contributed by atoms with van der Waals surface area (Å²) in [5, 5.41) is 8.22. The zero-order valence-electron chi connectivity index (χ0n) is 10.3. The minimum Gasteiger partial charge on any atom is -0.312 e. The summed E-state index contributed by atoms with van der Waals surface area (Å²) >= 11 is 0. The van der Waals surface area contributed by atoms with Crippen molar-refractivity contribution in [1.82, 2.24) is 10.2 Å². The lowest BCUT2D eigenvalue weighted by molar-refractivity contribution is -0.117. The molecule has 18 heavy (non-hydrogen) atoms.